The van der Waals surface area contributed by atoms with E-state index in [1.54, 1.807) is 0 Å². The Bertz CT molecular complexity index is 216. The van der Waals surface area contributed by atoms with E-state index in [4.69, 9.17) is 0 Å². The summed E-state index contributed by atoms with van der Waals surface area (Å²) in [5.41, 5.74) is 0. The monoisotopic (exact) mass is 244 g/mol. The van der Waals surface area contributed by atoms with E-state index in [2.05, 4.69) is 51.1 Å². The Hall–Kier alpha value is 0.270. The Morgan fingerprint density at radius 1 is 1.44 bits per heavy atom. The third-order valence-electron chi connectivity index (χ3n) is 3.56. The Morgan fingerprint density at radius 3 is 2.56 bits per heavy atom. The van der Waals surface area contributed by atoms with Crippen LogP contribution >= 0.6 is 11.8 Å². The van der Waals surface area contributed by atoms with Crippen molar-refractivity contribution in [2.45, 2.75) is 51.4 Å². The van der Waals surface area contributed by atoms with Gasteiger partial charge in [-0.2, -0.15) is 11.8 Å². The Kier molecular flexibility index (Phi) is 5.14. The van der Waals surface area contributed by atoms with Gasteiger partial charge >= 0.3 is 0 Å². The van der Waals surface area contributed by atoms with Crippen LogP contribution in [0.3, 0.4) is 0 Å². The predicted molar refractivity (Wildman–Crippen MR) is 75.3 cm³/mol. The fourth-order valence-electron chi connectivity index (χ4n) is 2.40. The second kappa shape index (κ2) is 5.74. The van der Waals surface area contributed by atoms with Gasteiger partial charge < -0.3 is 5.32 Å². The molecule has 1 aliphatic heterocycles. The average molecular weight is 244 g/mol. The molecule has 2 atom stereocenters. The molecule has 1 aliphatic rings. The van der Waals surface area contributed by atoms with Crippen LogP contribution in [0.5, 0.6) is 0 Å². The van der Waals surface area contributed by atoms with Crippen molar-refractivity contribution >= 4 is 11.8 Å². The minimum atomic E-state index is 0.365. The minimum Gasteiger partial charge on any atom is -0.311 e. The van der Waals surface area contributed by atoms with Gasteiger partial charge in [0.1, 0.15) is 0 Å². The van der Waals surface area contributed by atoms with Crippen LogP contribution in [-0.4, -0.2) is 47.6 Å². The highest BCUT2D eigenvalue weighted by Gasteiger charge is 2.31. The minimum absolute atomic E-state index is 0.365. The SMILES string of the molecule is CSC(C)(C)CN1CC(C)NCC1C(C)C. The molecule has 1 heterocycles. The van der Waals surface area contributed by atoms with E-state index >= 15 is 0 Å². The first-order valence-electron chi connectivity index (χ1n) is 6.38. The van der Waals surface area contributed by atoms with Crippen LogP contribution in [-0.2, 0) is 0 Å². The van der Waals surface area contributed by atoms with Crippen molar-refractivity contribution in [2.24, 2.45) is 5.92 Å². The van der Waals surface area contributed by atoms with Gasteiger partial charge in [0.2, 0.25) is 0 Å². The predicted octanol–water partition coefficient (Wildman–Crippen LogP) is 2.45. The highest BCUT2D eigenvalue weighted by molar-refractivity contribution is 7.99. The van der Waals surface area contributed by atoms with E-state index in [0.717, 1.165) is 12.5 Å². The van der Waals surface area contributed by atoms with Crippen LogP contribution in [0.4, 0.5) is 0 Å². The van der Waals surface area contributed by atoms with Crippen molar-refractivity contribution in [1.82, 2.24) is 10.2 Å². The van der Waals surface area contributed by atoms with E-state index in [1.165, 1.54) is 13.1 Å². The highest BCUT2D eigenvalue weighted by Crippen LogP contribution is 2.26. The third-order valence-corrected chi connectivity index (χ3v) is 4.79. The summed E-state index contributed by atoms with van der Waals surface area (Å²) in [6.07, 6.45) is 2.22. The van der Waals surface area contributed by atoms with Gasteiger partial charge in [0.25, 0.3) is 0 Å². The first kappa shape index (κ1) is 14.3. The first-order valence-corrected chi connectivity index (χ1v) is 7.61. The molecule has 0 bridgehead atoms. The summed E-state index contributed by atoms with van der Waals surface area (Å²) in [5.74, 6) is 0.734. The molecule has 0 radical (unpaired) electrons. The second-order valence-corrected chi connectivity index (χ2v) is 7.53. The zero-order valence-electron chi connectivity index (χ0n) is 11.7. The van der Waals surface area contributed by atoms with Gasteiger partial charge in [-0.3, -0.25) is 4.90 Å². The molecular formula is C13H28N2S. The summed E-state index contributed by atoms with van der Waals surface area (Å²) in [6.45, 7) is 15.2. The normalized spacial score (nSPS) is 28.7. The number of rotatable bonds is 4. The fourth-order valence-corrected chi connectivity index (χ4v) is 2.69. The van der Waals surface area contributed by atoms with Gasteiger partial charge in [-0.1, -0.05) is 13.8 Å². The lowest BCUT2D eigenvalue weighted by molar-refractivity contribution is 0.0957. The van der Waals surface area contributed by atoms with Crippen LogP contribution in [0.25, 0.3) is 0 Å². The summed E-state index contributed by atoms with van der Waals surface area (Å²) in [7, 11) is 0. The molecule has 0 aromatic rings. The number of thioether (sulfide) groups is 1. The molecule has 0 aromatic heterocycles. The zero-order chi connectivity index (χ0) is 12.3. The van der Waals surface area contributed by atoms with Crippen molar-refractivity contribution < 1.29 is 0 Å². The maximum absolute atomic E-state index is 3.60. The zero-order valence-corrected chi connectivity index (χ0v) is 12.5. The summed E-state index contributed by atoms with van der Waals surface area (Å²) >= 11 is 1.97. The molecule has 0 aromatic carbocycles. The molecule has 2 unspecified atom stereocenters. The molecule has 0 saturated carbocycles. The maximum atomic E-state index is 3.60. The molecular weight excluding hydrogens is 216 g/mol. The summed E-state index contributed by atoms with van der Waals surface area (Å²) < 4.78 is 0.365. The van der Waals surface area contributed by atoms with Crippen molar-refractivity contribution in [3.63, 3.8) is 0 Å². The van der Waals surface area contributed by atoms with Crippen LogP contribution in [0.1, 0.15) is 34.6 Å². The molecule has 16 heavy (non-hydrogen) atoms. The molecule has 96 valence electrons. The molecule has 0 amide bonds. The lowest BCUT2D eigenvalue weighted by Crippen LogP contribution is -2.59. The van der Waals surface area contributed by atoms with Crippen molar-refractivity contribution in [1.29, 1.82) is 0 Å². The molecule has 1 fully saturated rings. The third kappa shape index (κ3) is 3.94. The highest BCUT2D eigenvalue weighted by atomic mass is 32.2. The largest absolute Gasteiger partial charge is 0.311 e. The molecule has 3 heteroatoms. The number of nitrogens with one attached hydrogen (secondary N) is 1. The van der Waals surface area contributed by atoms with Gasteiger partial charge in [-0.25, -0.2) is 0 Å². The van der Waals surface area contributed by atoms with E-state index in [9.17, 15) is 0 Å². The first-order chi connectivity index (χ1) is 7.35. The summed E-state index contributed by atoms with van der Waals surface area (Å²) in [6, 6.07) is 1.33. The number of hydrogen-bond acceptors (Lipinski definition) is 3. The molecule has 0 spiro atoms. The maximum Gasteiger partial charge on any atom is 0.0244 e. The van der Waals surface area contributed by atoms with E-state index in [1.807, 2.05) is 11.8 Å². The van der Waals surface area contributed by atoms with Crippen LogP contribution in [0, 0.1) is 5.92 Å². The van der Waals surface area contributed by atoms with E-state index < -0.39 is 0 Å². The molecule has 1 N–H and O–H groups in total. The average Bonchev–Trinajstić information content (AvgIpc) is 2.16. The Morgan fingerprint density at radius 2 is 2.06 bits per heavy atom. The second-order valence-electron chi connectivity index (χ2n) is 6.01. The molecule has 2 nitrogen and oxygen atoms in total. The van der Waals surface area contributed by atoms with Crippen molar-refractivity contribution in [2.75, 3.05) is 25.9 Å². The number of nitrogens with zero attached hydrogens (tertiary/aromatic N) is 1. The smallest absolute Gasteiger partial charge is 0.0244 e. The lowest BCUT2D eigenvalue weighted by atomic mass is 9.97. The van der Waals surface area contributed by atoms with E-state index in [-0.39, 0.29) is 0 Å². The summed E-state index contributed by atoms with van der Waals surface area (Å²) in [5, 5.41) is 3.60. The van der Waals surface area contributed by atoms with Gasteiger partial charge in [-0.15, -0.1) is 0 Å². The topological polar surface area (TPSA) is 15.3 Å². The Balaban J connectivity index is 2.64. The lowest BCUT2D eigenvalue weighted by Gasteiger charge is -2.44. The number of piperazine rings is 1. The van der Waals surface area contributed by atoms with E-state index in [0.29, 0.717) is 16.8 Å². The summed E-state index contributed by atoms with van der Waals surface area (Å²) in [4.78, 5) is 2.68. The fraction of sp³-hybridized carbons (Fsp3) is 1.00. The van der Waals surface area contributed by atoms with Crippen LogP contribution in [0.15, 0.2) is 0 Å². The van der Waals surface area contributed by atoms with Gasteiger partial charge in [0.05, 0.1) is 0 Å². The molecule has 1 rings (SSSR count). The van der Waals surface area contributed by atoms with Crippen molar-refractivity contribution in [3.8, 4) is 0 Å². The van der Waals surface area contributed by atoms with Gasteiger partial charge in [0.15, 0.2) is 0 Å². The van der Waals surface area contributed by atoms with Crippen LogP contribution < -0.4 is 5.32 Å². The quantitative estimate of drug-likeness (QED) is 0.818. The molecule has 0 aliphatic carbocycles. The van der Waals surface area contributed by atoms with Crippen molar-refractivity contribution in [3.05, 3.63) is 0 Å². The molecule has 1 saturated heterocycles. The van der Waals surface area contributed by atoms with Gasteiger partial charge in [0, 0.05) is 36.5 Å². The van der Waals surface area contributed by atoms with Crippen LogP contribution in [0.2, 0.25) is 0 Å². The Labute approximate surface area is 106 Å². The standard InChI is InChI=1S/C13H28N2S/c1-10(2)12-7-14-11(3)8-15(12)9-13(4,5)16-6/h10-12,14H,7-9H2,1-6H3. The van der Waals surface area contributed by atoms with Gasteiger partial charge in [-0.05, 0) is 32.9 Å². The number of hydrogen-bond donors (Lipinski definition) is 1.